The molecule has 2 N–H and O–H groups in total. The molecule has 3 heteroatoms. The van der Waals surface area contributed by atoms with E-state index in [4.69, 9.17) is 13.5 Å². The predicted molar refractivity (Wildman–Crippen MR) is 34.6 cm³/mol. The monoisotopic (exact) mass is 94.1 g/mol. The van der Waals surface area contributed by atoms with Crippen LogP contribution in [0.2, 0.25) is 6.32 Å². The van der Waals surface area contributed by atoms with E-state index < -0.39 is 0 Å². The van der Waals surface area contributed by atoms with Gasteiger partial charge in [0.2, 0.25) is 0 Å². The summed E-state index contributed by atoms with van der Waals surface area (Å²) in [6, 6.07) is 0. The number of hydrogen-bond donors (Lipinski definition) is 1. The first-order chi connectivity index (χ1) is 3.41. The first-order valence-corrected chi connectivity index (χ1v) is 2.65. The van der Waals surface area contributed by atoms with E-state index >= 15 is 0 Å². The van der Waals surface area contributed by atoms with Gasteiger partial charge in [-0.25, -0.2) is 0 Å². The lowest BCUT2D eigenvalue weighted by molar-refractivity contribution is 0.805. The molecule has 0 saturated carbocycles. The minimum Gasteiger partial charge on any atom is -0.330 e. The molecule has 0 rings (SSSR count). The first kappa shape index (κ1) is 7.09. The van der Waals surface area contributed by atoms with Gasteiger partial charge in [0.05, 0.1) is 7.17 Å². The molecule has 0 amide bonds. The largest absolute Gasteiger partial charge is 0.330 e. The maximum Gasteiger partial charge on any atom is 0.0544 e. The summed E-state index contributed by atoms with van der Waals surface area (Å²) in [4.78, 5) is 0. The highest BCUT2D eigenvalue weighted by Crippen LogP contribution is 1.89. The van der Waals surface area contributed by atoms with Crippen LogP contribution in [0, 0.1) is 0 Å². The van der Waals surface area contributed by atoms with Gasteiger partial charge in [-0.05, 0) is 13.0 Å². The third-order valence-electron chi connectivity index (χ3n) is 0.825. The van der Waals surface area contributed by atoms with Crippen LogP contribution in [0.4, 0.5) is 0 Å². The van der Waals surface area contributed by atoms with Gasteiger partial charge >= 0.3 is 0 Å². The lowest BCUT2D eigenvalue weighted by Gasteiger charge is -1.90. The smallest absolute Gasteiger partial charge is 0.0544 e. The Morgan fingerprint density at radius 1 is 1.43 bits per heavy atom. The summed E-state index contributed by atoms with van der Waals surface area (Å²) < 4.78 is 0. The van der Waals surface area contributed by atoms with Crippen LogP contribution in [0.5, 0.6) is 0 Å². The molecule has 0 spiro atoms. The molecule has 3 radical (unpaired) electrons. The van der Waals surface area contributed by atoms with Crippen LogP contribution in [-0.4, -0.2) is 21.5 Å². The predicted octanol–water partition coefficient (Wildman–Crippen LogP) is -0.0687. The molecule has 0 fully saturated rings. The van der Waals surface area contributed by atoms with E-state index in [0.29, 0.717) is 0 Å². The van der Waals surface area contributed by atoms with Crippen molar-refractivity contribution < 1.29 is 0 Å². The van der Waals surface area contributed by atoms with Gasteiger partial charge in [0, 0.05) is 7.74 Å². The summed E-state index contributed by atoms with van der Waals surface area (Å²) in [5.74, 6) is 0. The molecule has 1 nitrogen and oxygen atoms in total. The topological polar surface area (TPSA) is 26.0 Å². The van der Waals surface area contributed by atoms with Gasteiger partial charge in [-0.3, -0.25) is 0 Å². The van der Waals surface area contributed by atoms with Crippen LogP contribution in [0.1, 0.15) is 12.8 Å². The van der Waals surface area contributed by atoms with Crippen LogP contribution < -0.4 is 5.73 Å². The molecule has 0 unspecified atom stereocenters. The average Bonchev–Trinajstić information content (AvgIpc) is 1.69. The Balaban J connectivity index is 2.45. The van der Waals surface area contributed by atoms with Crippen molar-refractivity contribution in [3.05, 3.63) is 0 Å². The minimum atomic E-state index is 0.786. The summed E-state index contributed by atoms with van der Waals surface area (Å²) in [6.07, 6.45) is 3.22. The lowest BCUT2D eigenvalue weighted by Crippen LogP contribution is -1.98. The highest BCUT2D eigenvalue weighted by molar-refractivity contribution is 6.89. The molecule has 0 heterocycles. The fourth-order valence-corrected chi connectivity index (χ4v) is 0.407. The van der Waals surface area contributed by atoms with Crippen LogP contribution in [0.25, 0.3) is 0 Å². The van der Waals surface area contributed by atoms with Crippen molar-refractivity contribution in [1.82, 2.24) is 0 Å². The third kappa shape index (κ3) is 6.09. The second-order valence-electron chi connectivity index (χ2n) is 1.52. The normalized spacial score (nSPS) is 8.71. The van der Waals surface area contributed by atoms with E-state index in [-0.39, 0.29) is 0 Å². The van der Waals surface area contributed by atoms with Crippen LogP contribution in [0.3, 0.4) is 0 Å². The maximum atomic E-state index is 5.21. The molecule has 7 heavy (non-hydrogen) atoms. The summed E-state index contributed by atoms with van der Waals surface area (Å²) in [5, 5.41) is 0. The summed E-state index contributed by atoms with van der Waals surface area (Å²) in [5.41, 5.74) is 5.21. The van der Waals surface area contributed by atoms with Crippen molar-refractivity contribution >= 4 is 14.9 Å². The molecule has 0 aromatic heterocycles. The van der Waals surface area contributed by atoms with E-state index in [9.17, 15) is 0 Å². The molecule has 37 valence electrons. The molecule has 0 aromatic carbocycles. The Kier molecular flexibility index (Phi) is 6.17. The quantitative estimate of drug-likeness (QED) is 0.382. The average molecular weight is 93.8 g/mol. The highest BCUT2D eigenvalue weighted by Gasteiger charge is 1.81. The third-order valence-corrected chi connectivity index (χ3v) is 0.825. The molecular weight excluding hydrogens is 83.7 g/mol. The van der Waals surface area contributed by atoms with E-state index in [1.165, 1.54) is 0 Å². The lowest BCUT2D eigenvalue weighted by atomic mass is 9.53. The Morgan fingerprint density at radius 2 is 2.14 bits per heavy atom. The number of nitrogens with two attached hydrogens (primary N) is 1. The zero-order valence-electron chi connectivity index (χ0n) is 4.56. The van der Waals surface area contributed by atoms with Gasteiger partial charge in [-0.2, -0.15) is 0 Å². The Bertz CT molecular complexity index is 28.9. The van der Waals surface area contributed by atoms with Gasteiger partial charge in [0.25, 0.3) is 0 Å². The van der Waals surface area contributed by atoms with Gasteiger partial charge in [-0.15, -0.1) is 0 Å². The van der Waals surface area contributed by atoms with Gasteiger partial charge < -0.3 is 5.73 Å². The van der Waals surface area contributed by atoms with Gasteiger partial charge in [0.15, 0.2) is 0 Å². The number of rotatable bonds is 4. The van der Waals surface area contributed by atoms with Crippen molar-refractivity contribution in [2.24, 2.45) is 5.73 Å². The molecule has 0 aliphatic heterocycles. The van der Waals surface area contributed by atoms with Crippen molar-refractivity contribution in [3.8, 4) is 0 Å². The van der Waals surface area contributed by atoms with E-state index in [0.717, 1.165) is 25.7 Å². The summed E-state index contributed by atoms with van der Waals surface area (Å²) >= 11 is 0. The van der Waals surface area contributed by atoms with Crippen LogP contribution >= 0.6 is 0 Å². The molecule has 0 aliphatic carbocycles. The molecule has 0 aliphatic rings. The van der Waals surface area contributed by atoms with Gasteiger partial charge in [0.1, 0.15) is 0 Å². The Hall–Kier alpha value is 0.0899. The summed E-state index contributed by atoms with van der Waals surface area (Å²) in [6.45, 7) is 0.786. The number of hydrogen-bond acceptors (Lipinski definition) is 1. The fourth-order valence-electron chi connectivity index (χ4n) is 0.407. The van der Waals surface area contributed by atoms with Crippen molar-refractivity contribution in [1.29, 1.82) is 0 Å². The molecule has 0 bridgehead atoms. The zero-order valence-corrected chi connectivity index (χ0v) is 4.56. The Labute approximate surface area is 47.3 Å². The van der Waals surface area contributed by atoms with Crippen molar-refractivity contribution in [2.45, 2.75) is 19.2 Å². The van der Waals surface area contributed by atoms with Crippen molar-refractivity contribution in [2.75, 3.05) is 6.54 Å². The fraction of sp³-hybridized carbons (Fsp3) is 1.00. The molecule has 0 aromatic rings. The Morgan fingerprint density at radius 3 is 2.57 bits per heavy atom. The maximum absolute atomic E-state index is 5.21. The molecular formula is C4H10B2N. The number of unbranched alkanes of at least 4 members (excludes halogenated alkanes) is 1. The van der Waals surface area contributed by atoms with Crippen LogP contribution in [0.15, 0.2) is 0 Å². The molecule has 0 atom stereocenters. The second-order valence-corrected chi connectivity index (χ2v) is 1.52. The minimum absolute atomic E-state index is 0.786. The van der Waals surface area contributed by atoms with E-state index in [1.807, 2.05) is 0 Å². The second kappa shape index (κ2) is 6.09. The standard InChI is InChI=1S/C4H10B2N/c5-6-3-1-2-4-7/h1-4,7H2. The zero-order chi connectivity index (χ0) is 5.54. The van der Waals surface area contributed by atoms with E-state index in [1.54, 1.807) is 7.17 Å². The summed E-state index contributed by atoms with van der Waals surface area (Å²) in [7, 11) is 6.78. The molecule has 0 saturated heterocycles. The van der Waals surface area contributed by atoms with Crippen molar-refractivity contribution in [3.63, 3.8) is 0 Å². The SMILES string of the molecule is [B][B]CCCCN. The van der Waals surface area contributed by atoms with E-state index in [2.05, 4.69) is 0 Å². The first-order valence-electron chi connectivity index (χ1n) is 2.65. The highest BCUT2D eigenvalue weighted by atomic mass is 14.5. The van der Waals surface area contributed by atoms with Gasteiger partial charge in [-0.1, -0.05) is 12.7 Å². The van der Waals surface area contributed by atoms with Crippen LogP contribution in [-0.2, 0) is 0 Å².